The van der Waals surface area contributed by atoms with Crippen LogP contribution in [0.25, 0.3) is 6.08 Å². The molecule has 0 fully saturated rings. The summed E-state index contributed by atoms with van der Waals surface area (Å²) in [7, 11) is 0. The molecule has 0 N–H and O–H groups in total. The zero-order valence-electron chi connectivity index (χ0n) is 9.49. The largest absolute Gasteiger partial charge is 0.0839 e. The van der Waals surface area contributed by atoms with Gasteiger partial charge >= 0.3 is 0 Å². The van der Waals surface area contributed by atoms with Gasteiger partial charge in [0, 0.05) is 3.92 Å². The highest BCUT2D eigenvalue weighted by molar-refractivity contribution is 14.1. The molecule has 82 valence electrons. The molecule has 0 amide bonds. The molecule has 0 bridgehead atoms. The normalized spacial score (nSPS) is 13.6. The Morgan fingerprint density at radius 3 is 2.47 bits per heavy atom. The van der Waals surface area contributed by atoms with E-state index in [9.17, 15) is 0 Å². The predicted molar refractivity (Wildman–Crippen MR) is 77.4 cm³/mol. The smallest absolute Gasteiger partial charge is 0.0136 e. The second kappa shape index (κ2) is 7.04. The predicted octanol–water partition coefficient (Wildman–Crippen LogP) is 4.94. The molecule has 0 aliphatic carbocycles. The monoisotopic (exact) mass is 314 g/mol. The number of halogens is 1. The van der Waals surface area contributed by atoms with Crippen LogP contribution in [0.2, 0.25) is 0 Å². The summed E-state index contributed by atoms with van der Waals surface area (Å²) in [5, 5.41) is 0. The van der Waals surface area contributed by atoms with Crippen molar-refractivity contribution in [1.29, 1.82) is 0 Å². The summed E-state index contributed by atoms with van der Waals surface area (Å²) < 4.78 is 0.794. The zero-order valence-corrected chi connectivity index (χ0v) is 11.6. The molecule has 0 aliphatic rings. The summed E-state index contributed by atoms with van der Waals surface area (Å²) in [6.07, 6.45) is 6.95. The summed E-state index contributed by atoms with van der Waals surface area (Å²) in [5.74, 6) is 0.788. The first-order chi connectivity index (χ1) is 7.20. The SMILES string of the molecule is CC(C)C(I)CCC=Cc1ccccc1. The average Bonchev–Trinajstić information content (AvgIpc) is 2.25. The highest BCUT2D eigenvalue weighted by atomic mass is 127. The molecule has 15 heavy (non-hydrogen) atoms. The Labute approximate surface area is 107 Å². The van der Waals surface area contributed by atoms with Gasteiger partial charge < -0.3 is 0 Å². The number of hydrogen-bond acceptors (Lipinski definition) is 0. The second-order valence-electron chi connectivity index (χ2n) is 4.15. The fourth-order valence-corrected chi connectivity index (χ4v) is 1.73. The lowest BCUT2D eigenvalue weighted by atomic mass is 10.1. The Morgan fingerprint density at radius 1 is 1.20 bits per heavy atom. The van der Waals surface area contributed by atoms with Crippen LogP contribution in [0.3, 0.4) is 0 Å². The van der Waals surface area contributed by atoms with Crippen molar-refractivity contribution in [1.82, 2.24) is 0 Å². The van der Waals surface area contributed by atoms with Crippen molar-refractivity contribution in [2.45, 2.75) is 30.6 Å². The third-order valence-electron chi connectivity index (χ3n) is 2.44. The van der Waals surface area contributed by atoms with E-state index in [0.717, 1.165) is 9.84 Å². The van der Waals surface area contributed by atoms with Crippen molar-refractivity contribution in [2.75, 3.05) is 0 Å². The van der Waals surface area contributed by atoms with E-state index in [1.54, 1.807) is 0 Å². The Morgan fingerprint density at radius 2 is 1.87 bits per heavy atom. The van der Waals surface area contributed by atoms with E-state index in [4.69, 9.17) is 0 Å². The first-order valence-electron chi connectivity index (χ1n) is 5.56. The summed E-state index contributed by atoms with van der Waals surface area (Å²) in [6.45, 7) is 4.58. The highest BCUT2D eigenvalue weighted by Gasteiger charge is 2.06. The number of hydrogen-bond donors (Lipinski definition) is 0. The van der Waals surface area contributed by atoms with Crippen LogP contribution < -0.4 is 0 Å². The fourth-order valence-electron chi connectivity index (χ4n) is 1.37. The quantitative estimate of drug-likeness (QED) is 0.533. The van der Waals surface area contributed by atoms with Crippen LogP contribution >= 0.6 is 22.6 Å². The van der Waals surface area contributed by atoms with E-state index in [0.29, 0.717) is 0 Å². The topological polar surface area (TPSA) is 0 Å². The fraction of sp³-hybridized carbons (Fsp3) is 0.429. The maximum absolute atomic E-state index is 2.55. The molecule has 1 aromatic rings. The van der Waals surface area contributed by atoms with Crippen LogP contribution in [0.4, 0.5) is 0 Å². The van der Waals surface area contributed by atoms with Crippen molar-refractivity contribution in [3.63, 3.8) is 0 Å². The molecule has 1 unspecified atom stereocenters. The number of benzene rings is 1. The van der Waals surface area contributed by atoms with Crippen molar-refractivity contribution < 1.29 is 0 Å². The molecule has 0 aromatic heterocycles. The highest BCUT2D eigenvalue weighted by Crippen LogP contribution is 2.18. The van der Waals surface area contributed by atoms with Crippen LogP contribution in [-0.2, 0) is 0 Å². The van der Waals surface area contributed by atoms with Crippen LogP contribution in [0.5, 0.6) is 0 Å². The lowest BCUT2D eigenvalue weighted by Crippen LogP contribution is -2.05. The van der Waals surface area contributed by atoms with Crippen molar-refractivity contribution in [3.05, 3.63) is 42.0 Å². The molecular formula is C14H19I. The van der Waals surface area contributed by atoms with E-state index in [1.807, 2.05) is 0 Å². The first-order valence-corrected chi connectivity index (χ1v) is 6.80. The minimum absolute atomic E-state index is 0.788. The minimum Gasteiger partial charge on any atom is -0.0839 e. The van der Waals surface area contributed by atoms with Gasteiger partial charge in [-0.2, -0.15) is 0 Å². The Kier molecular flexibility index (Phi) is 5.99. The Balaban J connectivity index is 2.29. The lowest BCUT2D eigenvalue weighted by Gasteiger charge is -2.11. The van der Waals surface area contributed by atoms with Gasteiger partial charge in [0.25, 0.3) is 0 Å². The second-order valence-corrected chi connectivity index (χ2v) is 5.75. The van der Waals surface area contributed by atoms with E-state index in [2.05, 4.69) is 78.9 Å². The first kappa shape index (κ1) is 12.8. The number of allylic oxidation sites excluding steroid dienone is 1. The van der Waals surface area contributed by atoms with Crippen molar-refractivity contribution >= 4 is 28.7 Å². The maximum Gasteiger partial charge on any atom is 0.0136 e. The van der Waals surface area contributed by atoms with Gasteiger partial charge in [-0.15, -0.1) is 0 Å². The third kappa shape index (κ3) is 5.36. The standard InChI is InChI=1S/C14H19I/c1-12(2)14(15)11-7-6-10-13-8-4-3-5-9-13/h3-6,8-10,12,14H,7,11H2,1-2H3. The maximum atomic E-state index is 2.55. The summed E-state index contributed by atoms with van der Waals surface area (Å²) in [6, 6.07) is 10.5. The summed E-state index contributed by atoms with van der Waals surface area (Å²) in [5.41, 5.74) is 1.30. The molecule has 0 spiro atoms. The lowest BCUT2D eigenvalue weighted by molar-refractivity contribution is 0.597. The molecule has 0 saturated heterocycles. The van der Waals surface area contributed by atoms with E-state index in [1.165, 1.54) is 18.4 Å². The van der Waals surface area contributed by atoms with Gasteiger partial charge in [-0.25, -0.2) is 0 Å². The van der Waals surface area contributed by atoms with Crippen molar-refractivity contribution in [2.24, 2.45) is 5.92 Å². The van der Waals surface area contributed by atoms with Crippen molar-refractivity contribution in [3.8, 4) is 0 Å². The molecule has 1 rings (SSSR count). The van der Waals surface area contributed by atoms with Gasteiger partial charge in [-0.05, 0) is 24.3 Å². The van der Waals surface area contributed by atoms with E-state index >= 15 is 0 Å². The van der Waals surface area contributed by atoms with Gasteiger partial charge in [-0.1, -0.05) is 78.9 Å². The number of alkyl halides is 1. The van der Waals surface area contributed by atoms with E-state index in [-0.39, 0.29) is 0 Å². The summed E-state index contributed by atoms with van der Waals surface area (Å²) in [4.78, 5) is 0. The molecule has 0 saturated carbocycles. The summed E-state index contributed by atoms with van der Waals surface area (Å²) >= 11 is 2.55. The van der Waals surface area contributed by atoms with Gasteiger partial charge in [0.05, 0.1) is 0 Å². The Bertz CT molecular complexity index is 287. The van der Waals surface area contributed by atoms with Crippen LogP contribution in [0.15, 0.2) is 36.4 Å². The molecule has 1 atom stereocenters. The molecule has 0 aliphatic heterocycles. The van der Waals surface area contributed by atoms with Gasteiger partial charge in [-0.3, -0.25) is 0 Å². The van der Waals surface area contributed by atoms with Gasteiger partial charge in [0.15, 0.2) is 0 Å². The zero-order chi connectivity index (χ0) is 11.1. The average molecular weight is 314 g/mol. The third-order valence-corrected chi connectivity index (χ3v) is 4.50. The number of rotatable bonds is 5. The Hall–Kier alpha value is -0.310. The van der Waals surface area contributed by atoms with Crippen LogP contribution in [0.1, 0.15) is 32.3 Å². The van der Waals surface area contributed by atoms with Crippen LogP contribution in [0, 0.1) is 5.92 Å². The van der Waals surface area contributed by atoms with Gasteiger partial charge in [0.1, 0.15) is 0 Å². The molecule has 1 aromatic carbocycles. The molecular weight excluding hydrogens is 295 g/mol. The van der Waals surface area contributed by atoms with E-state index < -0.39 is 0 Å². The molecule has 1 heteroatoms. The van der Waals surface area contributed by atoms with Gasteiger partial charge in [0.2, 0.25) is 0 Å². The molecule has 0 heterocycles. The molecule has 0 radical (unpaired) electrons. The molecule has 0 nitrogen and oxygen atoms in total. The van der Waals surface area contributed by atoms with Crippen LogP contribution in [-0.4, -0.2) is 3.92 Å². The minimum atomic E-state index is 0.788.